The second kappa shape index (κ2) is 4.46. The van der Waals surface area contributed by atoms with Crippen LogP contribution in [0.25, 0.3) is 0 Å². The molecule has 1 fully saturated rings. The monoisotopic (exact) mass is 244 g/mol. The van der Waals surface area contributed by atoms with Gasteiger partial charge in [0.2, 0.25) is 0 Å². The number of aliphatic hydroxyl groups is 1. The first kappa shape index (κ1) is 11.3. The van der Waals surface area contributed by atoms with E-state index in [1.165, 1.54) is 0 Å². The first-order valence-electron chi connectivity index (χ1n) is 6.15. The fraction of sp³-hybridized carbons (Fsp3) is 0.357. The number of aromatic nitrogens is 2. The van der Waals surface area contributed by atoms with Gasteiger partial charge >= 0.3 is 0 Å². The van der Waals surface area contributed by atoms with E-state index in [4.69, 9.17) is 4.74 Å². The molecule has 1 N–H and O–H groups in total. The highest BCUT2D eigenvalue weighted by Crippen LogP contribution is 2.28. The molecule has 0 radical (unpaired) electrons. The second-order valence-corrected chi connectivity index (χ2v) is 4.75. The van der Waals surface area contributed by atoms with Crippen molar-refractivity contribution in [1.82, 2.24) is 9.55 Å². The van der Waals surface area contributed by atoms with Gasteiger partial charge in [0.1, 0.15) is 11.9 Å². The highest BCUT2D eigenvalue weighted by molar-refractivity contribution is 5.31. The molecule has 1 aliphatic carbocycles. The molecule has 2 aromatic rings. The molecule has 0 bridgehead atoms. The number of aliphatic hydroxyl groups excluding tert-OH is 1. The molecule has 1 heterocycles. The summed E-state index contributed by atoms with van der Waals surface area (Å²) in [6, 6.07) is 7.58. The van der Waals surface area contributed by atoms with Crippen LogP contribution in [-0.2, 0) is 7.05 Å². The van der Waals surface area contributed by atoms with Crippen molar-refractivity contribution < 1.29 is 9.84 Å². The van der Waals surface area contributed by atoms with E-state index in [1.807, 2.05) is 42.1 Å². The first-order chi connectivity index (χ1) is 8.72. The van der Waals surface area contributed by atoms with Crippen molar-refractivity contribution in [3.63, 3.8) is 0 Å². The Balaban J connectivity index is 1.74. The van der Waals surface area contributed by atoms with Crippen molar-refractivity contribution in [1.29, 1.82) is 0 Å². The molecular weight excluding hydrogens is 228 g/mol. The van der Waals surface area contributed by atoms with Gasteiger partial charge in [-0.1, -0.05) is 12.1 Å². The van der Waals surface area contributed by atoms with E-state index in [9.17, 15) is 5.11 Å². The van der Waals surface area contributed by atoms with Crippen LogP contribution in [0, 0.1) is 0 Å². The number of aryl methyl sites for hydroxylation is 1. The van der Waals surface area contributed by atoms with E-state index >= 15 is 0 Å². The molecule has 1 saturated carbocycles. The molecule has 3 rings (SSSR count). The molecule has 1 atom stereocenters. The predicted octanol–water partition coefficient (Wildman–Crippen LogP) is 2.04. The van der Waals surface area contributed by atoms with Crippen LogP contribution in [0.5, 0.6) is 5.75 Å². The van der Waals surface area contributed by atoms with Gasteiger partial charge in [-0.05, 0) is 30.5 Å². The largest absolute Gasteiger partial charge is 0.490 e. The molecule has 0 saturated heterocycles. The molecular formula is C14H16N2O2. The number of rotatable bonds is 4. The smallest absolute Gasteiger partial charge is 0.123 e. The number of imidazole rings is 1. The Morgan fingerprint density at radius 1 is 1.33 bits per heavy atom. The average molecular weight is 244 g/mol. The highest BCUT2D eigenvalue weighted by Gasteiger charge is 2.23. The van der Waals surface area contributed by atoms with Crippen LogP contribution in [0.4, 0.5) is 0 Å². The quantitative estimate of drug-likeness (QED) is 0.895. The lowest BCUT2D eigenvalue weighted by molar-refractivity contribution is 0.215. The van der Waals surface area contributed by atoms with Crippen molar-refractivity contribution in [2.75, 3.05) is 0 Å². The maximum absolute atomic E-state index is 10.2. The molecule has 0 amide bonds. The van der Waals surface area contributed by atoms with Gasteiger partial charge in [-0.25, -0.2) is 4.98 Å². The summed E-state index contributed by atoms with van der Waals surface area (Å²) in [6.07, 6.45) is 5.52. The number of benzene rings is 1. The highest BCUT2D eigenvalue weighted by atomic mass is 16.5. The minimum atomic E-state index is -0.679. The van der Waals surface area contributed by atoms with Crippen LogP contribution in [0.2, 0.25) is 0 Å². The summed E-state index contributed by atoms with van der Waals surface area (Å²) in [5.74, 6) is 0.870. The SMILES string of the molecule is Cn1cnc(C(O)c2ccc(OC3CC3)cc2)c1. The topological polar surface area (TPSA) is 47.3 Å². The van der Waals surface area contributed by atoms with E-state index in [0.717, 1.165) is 24.2 Å². The van der Waals surface area contributed by atoms with Crippen molar-refractivity contribution >= 4 is 0 Å². The summed E-state index contributed by atoms with van der Waals surface area (Å²) in [5, 5.41) is 10.2. The summed E-state index contributed by atoms with van der Waals surface area (Å²) < 4.78 is 7.49. The summed E-state index contributed by atoms with van der Waals surface area (Å²) in [5.41, 5.74) is 1.49. The van der Waals surface area contributed by atoms with Crippen LogP contribution in [0.1, 0.15) is 30.2 Å². The molecule has 0 spiro atoms. The van der Waals surface area contributed by atoms with Crippen molar-refractivity contribution in [2.24, 2.45) is 7.05 Å². The Morgan fingerprint density at radius 3 is 2.61 bits per heavy atom. The van der Waals surface area contributed by atoms with E-state index in [0.29, 0.717) is 11.8 Å². The molecule has 18 heavy (non-hydrogen) atoms. The Morgan fingerprint density at radius 2 is 2.06 bits per heavy atom. The minimum Gasteiger partial charge on any atom is -0.490 e. The molecule has 1 aliphatic rings. The first-order valence-corrected chi connectivity index (χ1v) is 6.15. The number of hydrogen-bond donors (Lipinski definition) is 1. The van der Waals surface area contributed by atoms with Gasteiger partial charge < -0.3 is 14.4 Å². The van der Waals surface area contributed by atoms with Gasteiger partial charge in [-0.15, -0.1) is 0 Å². The van der Waals surface area contributed by atoms with Crippen LogP contribution >= 0.6 is 0 Å². The third-order valence-electron chi connectivity index (χ3n) is 3.03. The van der Waals surface area contributed by atoms with Gasteiger partial charge in [0.15, 0.2) is 0 Å². The number of ether oxygens (including phenoxy) is 1. The van der Waals surface area contributed by atoms with Gasteiger partial charge in [0, 0.05) is 13.2 Å². The third-order valence-corrected chi connectivity index (χ3v) is 3.03. The Kier molecular flexibility index (Phi) is 2.80. The van der Waals surface area contributed by atoms with Crippen LogP contribution in [0.3, 0.4) is 0 Å². The van der Waals surface area contributed by atoms with E-state index in [1.54, 1.807) is 6.33 Å². The summed E-state index contributed by atoms with van der Waals surface area (Å²) >= 11 is 0. The summed E-state index contributed by atoms with van der Waals surface area (Å²) in [6.45, 7) is 0. The fourth-order valence-electron chi connectivity index (χ4n) is 1.85. The van der Waals surface area contributed by atoms with Crippen LogP contribution in [-0.4, -0.2) is 20.8 Å². The lowest BCUT2D eigenvalue weighted by atomic mass is 10.1. The van der Waals surface area contributed by atoms with Crippen molar-refractivity contribution in [3.05, 3.63) is 48.0 Å². The molecule has 0 aliphatic heterocycles. The minimum absolute atomic E-state index is 0.400. The van der Waals surface area contributed by atoms with Crippen LogP contribution in [0.15, 0.2) is 36.8 Å². The van der Waals surface area contributed by atoms with Gasteiger partial charge in [0.05, 0.1) is 18.1 Å². The fourth-order valence-corrected chi connectivity index (χ4v) is 1.85. The van der Waals surface area contributed by atoms with Crippen molar-refractivity contribution in [3.8, 4) is 5.75 Å². The molecule has 4 nitrogen and oxygen atoms in total. The lowest BCUT2D eigenvalue weighted by Crippen LogP contribution is -2.01. The van der Waals surface area contributed by atoms with Gasteiger partial charge in [0.25, 0.3) is 0 Å². The zero-order valence-electron chi connectivity index (χ0n) is 10.3. The average Bonchev–Trinajstić information content (AvgIpc) is 3.09. The van der Waals surface area contributed by atoms with Crippen LogP contribution < -0.4 is 4.74 Å². The van der Waals surface area contributed by atoms with Crippen molar-refractivity contribution in [2.45, 2.75) is 25.0 Å². The zero-order valence-corrected chi connectivity index (χ0v) is 10.3. The predicted molar refractivity (Wildman–Crippen MR) is 67.4 cm³/mol. The van der Waals surface area contributed by atoms with E-state index in [-0.39, 0.29) is 0 Å². The molecule has 4 heteroatoms. The Bertz CT molecular complexity index is 529. The molecule has 1 unspecified atom stereocenters. The third kappa shape index (κ3) is 2.38. The Labute approximate surface area is 106 Å². The lowest BCUT2D eigenvalue weighted by Gasteiger charge is -2.09. The summed E-state index contributed by atoms with van der Waals surface area (Å²) in [4.78, 5) is 4.15. The van der Waals surface area contributed by atoms with Gasteiger partial charge in [-0.2, -0.15) is 0 Å². The summed E-state index contributed by atoms with van der Waals surface area (Å²) in [7, 11) is 1.88. The standard InChI is InChI=1S/C14H16N2O2/c1-16-8-13(15-9-16)14(17)10-2-4-11(5-3-10)18-12-6-7-12/h2-5,8-9,12,14,17H,6-7H2,1H3. The van der Waals surface area contributed by atoms with E-state index < -0.39 is 6.10 Å². The Hall–Kier alpha value is -1.81. The maximum atomic E-state index is 10.2. The molecule has 1 aromatic carbocycles. The van der Waals surface area contributed by atoms with E-state index in [2.05, 4.69) is 4.98 Å². The number of nitrogens with zero attached hydrogens (tertiary/aromatic N) is 2. The van der Waals surface area contributed by atoms with Gasteiger partial charge in [-0.3, -0.25) is 0 Å². The molecule has 94 valence electrons. The normalized spacial score (nSPS) is 16.6. The second-order valence-electron chi connectivity index (χ2n) is 4.75. The zero-order chi connectivity index (χ0) is 12.5. The maximum Gasteiger partial charge on any atom is 0.123 e. The molecule has 1 aromatic heterocycles. The number of hydrogen-bond acceptors (Lipinski definition) is 3.